The van der Waals surface area contributed by atoms with Crippen LogP contribution in [0.1, 0.15) is 29.2 Å². The number of halogens is 1. The Labute approximate surface area is 104 Å². The van der Waals surface area contributed by atoms with Gasteiger partial charge in [-0.05, 0) is 65.1 Å². The summed E-state index contributed by atoms with van der Waals surface area (Å²) in [5.41, 5.74) is 2.81. The molecule has 1 atom stereocenters. The van der Waals surface area contributed by atoms with Gasteiger partial charge in [-0.3, -0.25) is 0 Å². The van der Waals surface area contributed by atoms with Gasteiger partial charge in [-0.2, -0.15) is 0 Å². The van der Waals surface area contributed by atoms with E-state index in [9.17, 15) is 4.39 Å². The van der Waals surface area contributed by atoms with Gasteiger partial charge >= 0.3 is 0 Å². The molecule has 0 aromatic heterocycles. The van der Waals surface area contributed by atoms with Crippen LogP contribution in [-0.2, 0) is 0 Å². The Morgan fingerprint density at radius 3 is 2.41 bits per heavy atom. The lowest BCUT2D eigenvalue weighted by Gasteiger charge is -2.22. The largest absolute Gasteiger partial charge is 0.313 e. The van der Waals surface area contributed by atoms with E-state index in [2.05, 4.69) is 10.2 Å². The number of nitrogens with zero attached hydrogens (tertiary/aromatic N) is 1. The van der Waals surface area contributed by atoms with E-state index in [1.54, 1.807) is 6.07 Å². The van der Waals surface area contributed by atoms with Gasteiger partial charge in [0.2, 0.25) is 0 Å². The summed E-state index contributed by atoms with van der Waals surface area (Å²) in [4.78, 5) is 2.12. The molecule has 1 N–H and O–H groups in total. The fourth-order valence-electron chi connectivity index (χ4n) is 2.19. The quantitative estimate of drug-likeness (QED) is 0.848. The number of nitrogens with one attached hydrogen (secondary N) is 1. The van der Waals surface area contributed by atoms with E-state index in [1.165, 1.54) is 0 Å². The standard InChI is InChI=1S/C14H23FN2/c1-10-8-11(2)14(12(15)9-10)13(16-3)6-7-17(4)5/h8-9,13,16H,6-7H2,1-5H3. The van der Waals surface area contributed by atoms with E-state index in [1.807, 2.05) is 41.1 Å². The monoisotopic (exact) mass is 238 g/mol. The molecule has 0 bridgehead atoms. The van der Waals surface area contributed by atoms with Crippen LogP contribution in [0.4, 0.5) is 4.39 Å². The second-order valence-corrected chi connectivity index (χ2v) is 4.91. The molecule has 0 saturated carbocycles. The molecule has 0 aliphatic carbocycles. The van der Waals surface area contributed by atoms with E-state index >= 15 is 0 Å². The molecule has 0 aliphatic heterocycles. The maximum Gasteiger partial charge on any atom is 0.128 e. The van der Waals surface area contributed by atoms with Gasteiger partial charge in [-0.15, -0.1) is 0 Å². The van der Waals surface area contributed by atoms with Crippen LogP contribution in [0, 0.1) is 19.7 Å². The number of hydrogen-bond donors (Lipinski definition) is 1. The first-order chi connectivity index (χ1) is 7.95. The van der Waals surface area contributed by atoms with E-state index in [0.29, 0.717) is 0 Å². The molecule has 1 aromatic rings. The van der Waals surface area contributed by atoms with Gasteiger partial charge < -0.3 is 10.2 Å². The third-order valence-electron chi connectivity index (χ3n) is 3.04. The highest BCUT2D eigenvalue weighted by Crippen LogP contribution is 2.25. The average Bonchev–Trinajstić information content (AvgIpc) is 2.21. The minimum atomic E-state index is -0.0967. The summed E-state index contributed by atoms with van der Waals surface area (Å²) < 4.78 is 14.0. The van der Waals surface area contributed by atoms with Crippen LogP contribution in [0.25, 0.3) is 0 Å². The minimum absolute atomic E-state index is 0.0815. The van der Waals surface area contributed by atoms with Crippen molar-refractivity contribution >= 4 is 0 Å². The molecule has 0 heterocycles. The molecule has 1 unspecified atom stereocenters. The van der Waals surface area contributed by atoms with Crippen LogP contribution in [0.15, 0.2) is 12.1 Å². The summed E-state index contributed by atoms with van der Waals surface area (Å²) in [5.74, 6) is -0.0967. The Morgan fingerprint density at radius 1 is 1.29 bits per heavy atom. The Balaban J connectivity index is 2.95. The fraction of sp³-hybridized carbons (Fsp3) is 0.571. The van der Waals surface area contributed by atoms with Gasteiger partial charge in [0.25, 0.3) is 0 Å². The van der Waals surface area contributed by atoms with Crippen molar-refractivity contribution in [1.82, 2.24) is 10.2 Å². The predicted molar refractivity (Wildman–Crippen MR) is 70.8 cm³/mol. The molecular formula is C14H23FN2. The van der Waals surface area contributed by atoms with Gasteiger partial charge in [-0.25, -0.2) is 4.39 Å². The summed E-state index contributed by atoms with van der Waals surface area (Å²) in [5, 5.41) is 3.21. The van der Waals surface area contributed by atoms with Crippen LogP contribution in [-0.4, -0.2) is 32.6 Å². The molecule has 2 nitrogen and oxygen atoms in total. The molecule has 0 radical (unpaired) electrons. The lowest BCUT2D eigenvalue weighted by atomic mass is 9.96. The second kappa shape index (κ2) is 6.12. The van der Waals surface area contributed by atoms with Crippen LogP contribution < -0.4 is 5.32 Å². The van der Waals surface area contributed by atoms with E-state index in [0.717, 1.165) is 29.7 Å². The zero-order chi connectivity index (χ0) is 13.0. The van der Waals surface area contributed by atoms with Crippen molar-refractivity contribution in [3.63, 3.8) is 0 Å². The van der Waals surface area contributed by atoms with Crippen molar-refractivity contribution in [3.8, 4) is 0 Å². The third-order valence-corrected chi connectivity index (χ3v) is 3.04. The maximum absolute atomic E-state index is 14.0. The number of rotatable bonds is 5. The summed E-state index contributed by atoms with van der Waals surface area (Å²) >= 11 is 0. The van der Waals surface area contributed by atoms with Crippen molar-refractivity contribution in [3.05, 3.63) is 34.6 Å². The van der Waals surface area contributed by atoms with Gasteiger partial charge in [0, 0.05) is 11.6 Å². The van der Waals surface area contributed by atoms with Crippen LogP contribution in [0.3, 0.4) is 0 Å². The minimum Gasteiger partial charge on any atom is -0.313 e. The van der Waals surface area contributed by atoms with Crippen LogP contribution in [0.5, 0.6) is 0 Å². The van der Waals surface area contributed by atoms with Crippen molar-refractivity contribution in [2.45, 2.75) is 26.3 Å². The molecule has 3 heteroatoms. The first kappa shape index (κ1) is 14.1. The summed E-state index contributed by atoms with van der Waals surface area (Å²) in [6, 6.07) is 3.74. The van der Waals surface area contributed by atoms with Crippen molar-refractivity contribution in [2.75, 3.05) is 27.7 Å². The highest BCUT2D eigenvalue weighted by atomic mass is 19.1. The van der Waals surface area contributed by atoms with Crippen LogP contribution >= 0.6 is 0 Å². The lowest BCUT2D eigenvalue weighted by molar-refractivity contribution is 0.364. The summed E-state index contributed by atoms with van der Waals surface area (Å²) in [6.07, 6.45) is 0.907. The summed E-state index contributed by atoms with van der Waals surface area (Å²) in [6.45, 7) is 4.84. The third kappa shape index (κ3) is 3.79. The predicted octanol–water partition coefficient (Wildman–Crippen LogP) is 2.65. The van der Waals surface area contributed by atoms with Gasteiger partial charge in [0.15, 0.2) is 0 Å². The number of hydrogen-bond acceptors (Lipinski definition) is 2. The smallest absolute Gasteiger partial charge is 0.128 e. The average molecular weight is 238 g/mol. The van der Waals surface area contributed by atoms with Crippen molar-refractivity contribution < 1.29 is 4.39 Å². The fourth-order valence-corrected chi connectivity index (χ4v) is 2.19. The zero-order valence-electron chi connectivity index (χ0n) is 11.5. The molecule has 0 aliphatic rings. The SMILES string of the molecule is CNC(CCN(C)C)c1c(C)cc(C)cc1F. The molecule has 96 valence electrons. The number of aryl methyl sites for hydroxylation is 2. The lowest BCUT2D eigenvalue weighted by Crippen LogP contribution is -2.24. The van der Waals surface area contributed by atoms with E-state index < -0.39 is 0 Å². The molecule has 1 aromatic carbocycles. The Hall–Kier alpha value is -0.930. The summed E-state index contributed by atoms with van der Waals surface area (Å²) in [7, 11) is 5.95. The van der Waals surface area contributed by atoms with Crippen LogP contribution in [0.2, 0.25) is 0 Å². The van der Waals surface area contributed by atoms with E-state index in [-0.39, 0.29) is 11.9 Å². The Morgan fingerprint density at radius 2 is 1.94 bits per heavy atom. The topological polar surface area (TPSA) is 15.3 Å². The zero-order valence-corrected chi connectivity index (χ0v) is 11.5. The van der Waals surface area contributed by atoms with Gasteiger partial charge in [0.1, 0.15) is 5.82 Å². The highest BCUT2D eigenvalue weighted by molar-refractivity contribution is 5.34. The Bertz CT molecular complexity index is 351. The molecular weight excluding hydrogens is 215 g/mol. The van der Waals surface area contributed by atoms with Crippen molar-refractivity contribution in [1.29, 1.82) is 0 Å². The maximum atomic E-state index is 14.0. The van der Waals surface area contributed by atoms with Gasteiger partial charge in [-0.1, -0.05) is 6.07 Å². The molecule has 0 spiro atoms. The van der Waals surface area contributed by atoms with E-state index in [4.69, 9.17) is 0 Å². The number of benzene rings is 1. The molecule has 0 saturated heterocycles. The first-order valence-corrected chi connectivity index (χ1v) is 6.04. The van der Waals surface area contributed by atoms with Gasteiger partial charge in [0.05, 0.1) is 0 Å². The second-order valence-electron chi connectivity index (χ2n) is 4.91. The molecule has 0 fully saturated rings. The normalized spacial score (nSPS) is 13.1. The van der Waals surface area contributed by atoms with Crippen molar-refractivity contribution in [2.24, 2.45) is 0 Å². The Kier molecular flexibility index (Phi) is 5.09. The first-order valence-electron chi connectivity index (χ1n) is 6.04. The molecule has 17 heavy (non-hydrogen) atoms. The highest BCUT2D eigenvalue weighted by Gasteiger charge is 2.16. The molecule has 0 amide bonds. The molecule has 1 rings (SSSR count).